The second-order valence-corrected chi connectivity index (χ2v) is 4.65. The van der Waals surface area contributed by atoms with Crippen LogP contribution in [0.4, 0.5) is 0 Å². The molecule has 64 valence electrons. The first-order valence-electron chi connectivity index (χ1n) is 3.45. The summed E-state index contributed by atoms with van der Waals surface area (Å²) in [7, 11) is 0. The predicted molar refractivity (Wildman–Crippen MR) is 48.8 cm³/mol. The fraction of sp³-hybridized carbons (Fsp3) is 0.625. The molecule has 0 aliphatic heterocycles. The van der Waals surface area contributed by atoms with E-state index in [0.717, 1.165) is 0 Å². The van der Waals surface area contributed by atoms with Gasteiger partial charge < -0.3 is 4.74 Å². The molecule has 0 saturated carbocycles. The molecular weight excluding hydrogens is 208 g/mol. The van der Waals surface area contributed by atoms with Crippen molar-refractivity contribution in [2.24, 2.45) is 0 Å². The number of hydrogen-bond donors (Lipinski definition) is 0. The molecule has 0 atom stereocenters. The monoisotopic (exact) mass is 220 g/mol. The molecule has 3 heteroatoms. The van der Waals surface area contributed by atoms with Gasteiger partial charge in [-0.15, -0.1) is 0 Å². The van der Waals surface area contributed by atoms with Gasteiger partial charge in [0.15, 0.2) is 0 Å². The van der Waals surface area contributed by atoms with Gasteiger partial charge in [0.05, 0.1) is 10.9 Å². The number of ether oxygens (including phenoxy) is 1. The molecular formula is C8H13BrO2. The standard InChI is InChI=1S/C8H13BrO2/c1-5-11-7(10)6(2)8(3,4)9/h2,5H2,1,3-4H3. The van der Waals surface area contributed by atoms with Crippen LogP contribution >= 0.6 is 15.9 Å². The molecule has 0 rings (SSSR count). The molecule has 0 unspecified atom stereocenters. The van der Waals surface area contributed by atoms with Crippen LogP contribution in [0.3, 0.4) is 0 Å². The van der Waals surface area contributed by atoms with Crippen LogP contribution in [-0.4, -0.2) is 16.9 Å². The van der Waals surface area contributed by atoms with Crippen molar-refractivity contribution in [2.75, 3.05) is 6.61 Å². The van der Waals surface area contributed by atoms with Crippen LogP contribution in [-0.2, 0) is 9.53 Å². The summed E-state index contributed by atoms with van der Waals surface area (Å²) in [5.74, 6) is -0.339. The summed E-state index contributed by atoms with van der Waals surface area (Å²) in [6.07, 6.45) is 0. The van der Waals surface area contributed by atoms with Crippen LogP contribution in [0.15, 0.2) is 12.2 Å². The average molecular weight is 221 g/mol. The fourth-order valence-electron chi connectivity index (χ4n) is 0.461. The number of carbonyl (C=O) groups excluding carboxylic acids is 1. The molecule has 0 amide bonds. The van der Waals surface area contributed by atoms with E-state index in [0.29, 0.717) is 12.2 Å². The lowest BCUT2D eigenvalue weighted by molar-refractivity contribution is -0.138. The van der Waals surface area contributed by atoms with Crippen LogP contribution in [0.5, 0.6) is 0 Å². The number of esters is 1. The molecule has 0 bridgehead atoms. The lowest BCUT2D eigenvalue weighted by atomic mass is 10.1. The van der Waals surface area contributed by atoms with Gasteiger partial charge in [0.25, 0.3) is 0 Å². The zero-order valence-electron chi connectivity index (χ0n) is 7.11. The molecule has 0 aromatic heterocycles. The van der Waals surface area contributed by atoms with Gasteiger partial charge in [0.2, 0.25) is 0 Å². The average Bonchev–Trinajstić information content (AvgIpc) is 1.85. The quantitative estimate of drug-likeness (QED) is 0.415. The Balaban J connectivity index is 4.15. The lowest BCUT2D eigenvalue weighted by Crippen LogP contribution is -2.21. The molecule has 0 radical (unpaired) electrons. The summed E-state index contributed by atoms with van der Waals surface area (Å²) in [5, 5.41) is 0. The Morgan fingerprint density at radius 1 is 1.64 bits per heavy atom. The normalized spacial score (nSPS) is 10.9. The van der Waals surface area contributed by atoms with Crippen molar-refractivity contribution in [2.45, 2.75) is 25.1 Å². The van der Waals surface area contributed by atoms with Crippen molar-refractivity contribution in [3.8, 4) is 0 Å². The van der Waals surface area contributed by atoms with Crippen molar-refractivity contribution in [3.05, 3.63) is 12.2 Å². The van der Waals surface area contributed by atoms with Crippen LogP contribution in [0.25, 0.3) is 0 Å². The third-order valence-corrected chi connectivity index (χ3v) is 1.72. The molecule has 0 fully saturated rings. The van der Waals surface area contributed by atoms with E-state index >= 15 is 0 Å². The molecule has 0 aromatic rings. The highest BCUT2D eigenvalue weighted by Gasteiger charge is 2.24. The second kappa shape index (κ2) is 3.90. The van der Waals surface area contributed by atoms with E-state index in [1.54, 1.807) is 6.92 Å². The molecule has 0 aliphatic rings. The Kier molecular flexibility index (Phi) is 3.79. The minimum Gasteiger partial charge on any atom is -0.463 e. The highest BCUT2D eigenvalue weighted by molar-refractivity contribution is 9.10. The number of carbonyl (C=O) groups is 1. The zero-order chi connectivity index (χ0) is 9.07. The highest BCUT2D eigenvalue weighted by Crippen LogP contribution is 2.25. The van der Waals surface area contributed by atoms with Gasteiger partial charge in [-0.25, -0.2) is 4.79 Å². The summed E-state index contributed by atoms with van der Waals surface area (Å²) in [4.78, 5) is 11.0. The largest absolute Gasteiger partial charge is 0.463 e. The maximum Gasteiger partial charge on any atom is 0.334 e. The van der Waals surface area contributed by atoms with Crippen molar-refractivity contribution in [1.82, 2.24) is 0 Å². The van der Waals surface area contributed by atoms with Crippen molar-refractivity contribution in [3.63, 3.8) is 0 Å². The van der Waals surface area contributed by atoms with Gasteiger partial charge >= 0.3 is 5.97 Å². The third-order valence-electron chi connectivity index (χ3n) is 1.24. The smallest absolute Gasteiger partial charge is 0.334 e. The van der Waals surface area contributed by atoms with E-state index in [9.17, 15) is 4.79 Å². The maximum absolute atomic E-state index is 11.0. The van der Waals surface area contributed by atoms with E-state index in [1.807, 2.05) is 13.8 Å². The maximum atomic E-state index is 11.0. The Morgan fingerprint density at radius 3 is 2.36 bits per heavy atom. The van der Waals surface area contributed by atoms with Gasteiger partial charge in [-0.1, -0.05) is 22.5 Å². The summed E-state index contributed by atoms with van der Waals surface area (Å²) in [5.41, 5.74) is 0.444. The molecule has 0 heterocycles. The highest BCUT2D eigenvalue weighted by atomic mass is 79.9. The third kappa shape index (κ3) is 3.56. The summed E-state index contributed by atoms with van der Waals surface area (Å²) in [6, 6.07) is 0. The molecule has 0 N–H and O–H groups in total. The van der Waals surface area contributed by atoms with Crippen LogP contribution in [0, 0.1) is 0 Å². The minimum atomic E-state index is -0.376. The number of hydrogen-bond acceptors (Lipinski definition) is 2. The second-order valence-electron chi connectivity index (χ2n) is 2.67. The van der Waals surface area contributed by atoms with E-state index in [-0.39, 0.29) is 10.3 Å². The van der Waals surface area contributed by atoms with E-state index in [4.69, 9.17) is 4.74 Å². The summed E-state index contributed by atoms with van der Waals surface area (Å²) >= 11 is 3.31. The number of alkyl halides is 1. The van der Waals surface area contributed by atoms with Gasteiger partial charge in [-0.05, 0) is 20.8 Å². The van der Waals surface area contributed by atoms with Crippen molar-refractivity contribution < 1.29 is 9.53 Å². The number of halogens is 1. The molecule has 2 nitrogen and oxygen atoms in total. The molecule has 0 spiro atoms. The Hall–Kier alpha value is -0.310. The zero-order valence-corrected chi connectivity index (χ0v) is 8.69. The first-order chi connectivity index (χ1) is 4.89. The minimum absolute atomic E-state index is 0.339. The lowest BCUT2D eigenvalue weighted by Gasteiger charge is -2.17. The van der Waals surface area contributed by atoms with Crippen LogP contribution in [0.1, 0.15) is 20.8 Å². The Bertz CT molecular complexity index is 167. The first-order valence-corrected chi connectivity index (χ1v) is 4.24. The topological polar surface area (TPSA) is 26.3 Å². The summed E-state index contributed by atoms with van der Waals surface area (Å²) in [6.45, 7) is 9.49. The number of rotatable bonds is 3. The van der Waals surface area contributed by atoms with Gasteiger partial charge in [-0.3, -0.25) is 0 Å². The van der Waals surface area contributed by atoms with Gasteiger partial charge in [-0.2, -0.15) is 0 Å². The van der Waals surface area contributed by atoms with E-state index in [1.165, 1.54) is 0 Å². The molecule has 0 aromatic carbocycles. The van der Waals surface area contributed by atoms with Crippen LogP contribution in [0.2, 0.25) is 0 Å². The molecule has 0 aliphatic carbocycles. The SMILES string of the molecule is C=C(C(=O)OCC)C(C)(C)Br. The Morgan fingerprint density at radius 2 is 2.09 bits per heavy atom. The Labute approximate surface area is 75.7 Å². The van der Waals surface area contributed by atoms with E-state index < -0.39 is 0 Å². The van der Waals surface area contributed by atoms with Crippen molar-refractivity contribution in [1.29, 1.82) is 0 Å². The van der Waals surface area contributed by atoms with Gasteiger partial charge in [0.1, 0.15) is 0 Å². The molecule has 11 heavy (non-hydrogen) atoms. The first kappa shape index (κ1) is 10.7. The van der Waals surface area contributed by atoms with Crippen molar-refractivity contribution >= 4 is 21.9 Å². The van der Waals surface area contributed by atoms with E-state index in [2.05, 4.69) is 22.5 Å². The van der Waals surface area contributed by atoms with Crippen LogP contribution < -0.4 is 0 Å². The molecule has 0 saturated heterocycles. The summed E-state index contributed by atoms with van der Waals surface area (Å²) < 4.78 is 4.39. The van der Waals surface area contributed by atoms with Gasteiger partial charge in [0, 0.05) is 5.57 Å². The predicted octanol–water partition coefficient (Wildman–Crippen LogP) is 2.28. The fourth-order valence-corrected chi connectivity index (χ4v) is 0.623.